The van der Waals surface area contributed by atoms with Crippen LogP contribution in [-0.4, -0.2) is 32.2 Å². The molecule has 8 heteroatoms. The van der Waals surface area contributed by atoms with Gasteiger partial charge in [-0.05, 0) is 12.1 Å². The van der Waals surface area contributed by atoms with Crippen LogP contribution in [0.2, 0.25) is 10.0 Å². The van der Waals surface area contributed by atoms with Crippen LogP contribution in [0.15, 0.2) is 43.0 Å². The molecule has 0 aliphatic carbocycles. The minimum atomic E-state index is -1.01. The lowest BCUT2D eigenvalue weighted by Crippen LogP contribution is -2.28. The first kappa shape index (κ1) is 15.7. The maximum absolute atomic E-state index is 12.3. The molecule has 2 aromatic heterocycles. The van der Waals surface area contributed by atoms with Crippen LogP contribution in [0.1, 0.15) is 22.0 Å². The van der Waals surface area contributed by atoms with Crippen LogP contribution in [0.5, 0.6) is 0 Å². The summed E-state index contributed by atoms with van der Waals surface area (Å²) >= 11 is 12.1. The van der Waals surface area contributed by atoms with Gasteiger partial charge in [0.15, 0.2) is 0 Å². The van der Waals surface area contributed by atoms with Crippen molar-refractivity contribution in [3.05, 3.63) is 64.2 Å². The Morgan fingerprint density at radius 1 is 1.30 bits per heavy atom. The van der Waals surface area contributed by atoms with E-state index < -0.39 is 6.10 Å². The zero-order valence-corrected chi connectivity index (χ0v) is 13.3. The molecular formula is C15H12Cl2N4O2. The average Bonchev–Trinajstić information content (AvgIpc) is 2.96. The van der Waals surface area contributed by atoms with Gasteiger partial charge in [-0.15, -0.1) is 0 Å². The summed E-state index contributed by atoms with van der Waals surface area (Å²) in [5.74, 6) is -0.366. The Balaban J connectivity index is 1.74. The first-order chi connectivity index (χ1) is 11.1. The van der Waals surface area contributed by atoms with E-state index in [2.05, 4.69) is 15.4 Å². The molecule has 0 aliphatic rings. The predicted octanol–water partition coefficient (Wildman–Crippen LogP) is 2.50. The molecule has 1 unspecified atom stereocenters. The number of aromatic nitrogens is 3. The summed E-state index contributed by atoms with van der Waals surface area (Å²) < 4.78 is 1.54. The molecule has 0 bridgehead atoms. The molecular weight excluding hydrogens is 339 g/mol. The molecule has 23 heavy (non-hydrogen) atoms. The Kier molecular flexibility index (Phi) is 4.47. The number of hydrogen-bond donors (Lipinski definition) is 2. The number of nitrogens with zero attached hydrogens (tertiary/aromatic N) is 3. The summed E-state index contributed by atoms with van der Waals surface area (Å²) in [4.78, 5) is 16.2. The number of benzene rings is 1. The normalized spacial score (nSPS) is 12.3. The second kappa shape index (κ2) is 6.54. The lowest BCUT2D eigenvalue weighted by atomic mass is 10.1. The topological polar surface area (TPSA) is 79.5 Å². The lowest BCUT2D eigenvalue weighted by Gasteiger charge is -2.15. The van der Waals surface area contributed by atoms with Crippen molar-refractivity contribution in [1.82, 2.24) is 19.9 Å². The number of halogens is 2. The summed E-state index contributed by atoms with van der Waals surface area (Å²) in [6.45, 7) is -0.0279. The van der Waals surface area contributed by atoms with E-state index in [0.29, 0.717) is 26.7 Å². The van der Waals surface area contributed by atoms with Gasteiger partial charge in [0, 0.05) is 34.5 Å². The fourth-order valence-electron chi connectivity index (χ4n) is 2.23. The Bertz CT molecular complexity index is 845. The fourth-order valence-corrected chi connectivity index (χ4v) is 2.87. The summed E-state index contributed by atoms with van der Waals surface area (Å²) in [5.41, 5.74) is 1.34. The number of aliphatic hydroxyl groups is 1. The standard InChI is InChI=1S/C15H12Cl2N4O2/c16-10-2-1-3-11(17)14(10)13(22)8-19-15(23)9-6-20-21-5-4-18-7-12(9)21/h1-7,13,22H,8H2,(H,19,23). The van der Waals surface area contributed by atoms with Crippen LogP contribution in [0.4, 0.5) is 0 Å². The summed E-state index contributed by atoms with van der Waals surface area (Å²) in [5, 5.41) is 17.6. The number of carbonyl (C=O) groups is 1. The van der Waals surface area contributed by atoms with Gasteiger partial charge in [-0.1, -0.05) is 29.3 Å². The van der Waals surface area contributed by atoms with Crippen LogP contribution in [-0.2, 0) is 0 Å². The molecule has 1 amide bonds. The molecule has 6 nitrogen and oxygen atoms in total. The first-order valence-electron chi connectivity index (χ1n) is 6.75. The Morgan fingerprint density at radius 2 is 2.04 bits per heavy atom. The first-order valence-corrected chi connectivity index (χ1v) is 7.51. The van der Waals surface area contributed by atoms with Crippen LogP contribution in [0, 0.1) is 0 Å². The van der Waals surface area contributed by atoms with Crippen molar-refractivity contribution in [3.8, 4) is 0 Å². The molecule has 0 spiro atoms. The van der Waals surface area contributed by atoms with E-state index >= 15 is 0 Å². The van der Waals surface area contributed by atoms with Crippen molar-refractivity contribution < 1.29 is 9.90 Å². The predicted molar refractivity (Wildman–Crippen MR) is 86.7 cm³/mol. The highest BCUT2D eigenvalue weighted by atomic mass is 35.5. The second-order valence-corrected chi connectivity index (χ2v) is 5.64. The summed E-state index contributed by atoms with van der Waals surface area (Å²) in [6.07, 6.45) is 5.19. The molecule has 0 aliphatic heterocycles. The summed E-state index contributed by atoms with van der Waals surface area (Å²) in [7, 11) is 0. The third kappa shape index (κ3) is 3.14. The fraction of sp³-hybridized carbons (Fsp3) is 0.133. The average molecular weight is 351 g/mol. The highest BCUT2D eigenvalue weighted by molar-refractivity contribution is 6.36. The van der Waals surface area contributed by atoms with Crippen molar-refractivity contribution in [2.75, 3.05) is 6.54 Å². The van der Waals surface area contributed by atoms with Gasteiger partial charge in [0.25, 0.3) is 5.91 Å². The van der Waals surface area contributed by atoms with Crippen molar-refractivity contribution >= 4 is 34.6 Å². The van der Waals surface area contributed by atoms with E-state index in [1.807, 2.05) is 0 Å². The molecule has 0 saturated carbocycles. The molecule has 0 radical (unpaired) electrons. The van der Waals surface area contributed by atoms with Gasteiger partial charge in [0.05, 0.1) is 29.6 Å². The van der Waals surface area contributed by atoms with Crippen LogP contribution >= 0.6 is 23.2 Å². The van der Waals surface area contributed by atoms with E-state index in [4.69, 9.17) is 23.2 Å². The monoisotopic (exact) mass is 350 g/mol. The number of nitrogens with one attached hydrogen (secondary N) is 1. The molecule has 1 aromatic carbocycles. The number of hydrogen-bond acceptors (Lipinski definition) is 4. The largest absolute Gasteiger partial charge is 0.386 e. The molecule has 2 N–H and O–H groups in total. The zero-order valence-electron chi connectivity index (χ0n) is 11.8. The number of amides is 1. The minimum Gasteiger partial charge on any atom is -0.386 e. The third-order valence-corrected chi connectivity index (χ3v) is 4.02. The van der Waals surface area contributed by atoms with Crippen LogP contribution in [0.3, 0.4) is 0 Å². The van der Waals surface area contributed by atoms with Gasteiger partial charge in [0.2, 0.25) is 0 Å². The van der Waals surface area contributed by atoms with Crippen LogP contribution in [0.25, 0.3) is 5.52 Å². The second-order valence-electron chi connectivity index (χ2n) is 4.83. The quantitative estimate of drug-likeness (QED) is 0.757. The Labute approximate surface area is 141 Å². The van der Waals surface area contributed by atoms with Gasteiger partial charge in [-0.3, -0.25) is 9.78 Å². The zero-order chi connectivity index (χ0) is 16.4. The van der Waals surface area contributed by atoms with Gasteiger partial charge in [-0.25, -0.2) is 4.52 Å². The smallest absolute Gasteiger partial charge is 0.255 e. The van der Waals surface area contributed by atoms with E-state index in [1.54, 1.807) is 41.3 Å². The van der Waals surface area contributed by atoms with Gasteiger partial charge in [0.1, 0.15) is 0 Å². The van der Waals surface area contributed by atoms with E-state index in [0.717, 1.165) is 0 Å². The van der Waals surface area contributed by atoms with Gasteiger partial charge >= 0.3 is 0 Å². The highest BCUT2D eigenvalue weighted by Crippen LogP contribution is 2.29. The molecule has 0 saturated heterocycles. The maximum Gasteiger partial charge on any atom is 0.255 e. The molecule has 3 rings (SSSR count). The highest BCUT2D eigenvalue weighted by Gasteiger charge is 2.18. The van der Waals surface area contributed by atoms with E-state index in [1.165, 1.54) is 6.20 Å². The number of rotatable bonds is 4. The number of carbonyl (C=O) groups excluding carboxylic acids is 1. The number of aliphatic hydroxyl groups excluding tert-OH is 1. The van der Waals surface area contributed by atoms with Gasteiger partial charge in [-0.2, -0.15) is 5.10 Å². The third-order valence-electron chi connectivity index (χ3n) is 3.36. The number of fused-ring (bicyclic) bond motifs is 1. The molecule has 2 heterocycles. The molecule has 3 aromatic rings. The SMILES string of the molecule is O=C(NCC(O)c1c(Cl)cccc1Cl)c1cnn2ccncc12. The lowest BCUT2D eigenvalue weighted by molar-refractivity contribution is 0.0918. The van der Waals surface area contributed by atoms with Crippen molar-refractivity contribution in [3.63, 3.8) is 0 Å². The van der Waals surface area contributed by atoms with E-state index in [9.17, 15) is 9.90 Å². The maximum atomic E-state index is 12.3. The molecule has 0 fully saturated rings. The Hall–Kier alpha value is -2.15. The van der Waals surface area contributed by atoms with Crippen molar-refractivity contribution in [2.24, 2.45) is 0 Å². The molecule has 118 valence electrons. The van der Waals surface area contributed by atoms with Gasteiger partial charge < -0.3 is 10.4 Å². The minimum absolute atomic E-state index is 0.0279. The van der Waals surface area contributed by atoms with Crippen LogP contribution < -0.4 is 5.32 Å². The molecule has 1 atom stereocenters. The summed E-state index contributed by atoms with van der Waals surface area (Å²) in [6, 6.07) is 4.95. The van der Waals surface area contributed by atoms with Crippen molar-refractivity contribution in [2.45, 2.75) is 6.10 Å². The Morgan fingerprint density at radius 3 is 2.78 bits per heavy atom. The van der Waals surface area contributed by atoms with E-state index in [-0.39, 0.29) is 12.5 Å². The van der Waals surface area contributed by atoms with Crippen molar-refractivity contribution in [1.29, 1.82) is 0 Å².